The van der Waals surface area contributed by atoms with Gasteiger partial charge in [0.05, 0.1) is 20.3 Å². The number of ether oxygens (including phenoxy) is 2. The SMILES string of the molecule is COc1ccc([C@@H]2[C@H](C(=O)c3ccc(C)cc3)N3c4ccc(F)cc4C=C[C@@H]3C23C(=O)c2ccccc2C3=O)cc1OC. The van der Waals surface area contributed by atoms with Crippen LogP contribution in [-0.2, 0) is 0 Å². The van der Waals surface area contributed by atoms with Gasteiger partial charge in [-0.15, -0.1) is 0 Å². The minimum Gasteiger partial charge on any atom is -0.493 e. The number of Topliss-reactive ketones (excluding diaryl/α,β-unsaturated/α-hetero) is 3. The minimum absolute atomic E-state index is 0.246. The maximum absolute atomic E-state index is 14.8. The molecule has 7 heteroatoms. The second-order valence-corrected chi connectivity index (χ2v) is 11.3. The first kappa shape index (κ1) is 26.8. The summed E-state index contributed by atoms with van der Waals surface area (Å²) in [7, 11) is 3.04. The van der Waals surface area contributed by atoms with Crippen LogP contribution in [0.3, 0.4) is 0 Å². The van der Waals surface area contributed by atoms with E-state index in [1.54, 1.807) is 72.8 Å². The van der Waals surface area contributed by atoms with E-state index >= 15 is 0 Å². The van der Waals surface area contributed by atoms with E-state index in [4.69, 9.17) is 9.47 Å². The number of nitrogens with zero attached hydrogens (tertiary/aromatic N) is 1. The molecule has 4 aromatic carbocycles. The van der Waals surface area contributed by atoms with E-state index in [9.17, 15) is 18.8 Å². The van der Waals surface area contributed by atoms with Gasteiger partial charge < -0.3 is 14.4 Å². The molecule has 214 valence electrons. The van der Waals surface area contributed by atoms with E-state index in [1.807, 2.05) is 24.0 Å². The molecule has 0 N–H and O–H groups in total. The Hall–Kier alpha value is -5.04. The maximum atomic E-state index is 14.8. The van der Waals surface area contributed by atoms with Crippen LogP contribution in [0.1, 0.15) is 53.7 Å². The largest absolute Gasteiger partial charge is 0.493 e. The molecule has 4 aromatic rings. The molecule has 7 rings (SSSR count). The number of aryl methyl sites for hydroxylation is 1. The summed E-state index contributed by atoms with van der Waals surface area (Å²) in [6, 6.07) is 21.9. The summed E-state index contributed by atoms with van der Waals surface area (Å²) in [6.45, 7) is 1.94. The zero-order chi connectivity index (χ0) is 30.0. The molecule has 6 nitrogen and oxygen atoms in total. The van der Waals surface area contributed by atoms with E-state index < -0.39 is 29.2 Å². The fourth-order valence-electron chi connectivity index (χ4n) is 7.26. The van der Waals surface area contributed by atoms with Gasteiger partial charge >= 0.3 is 0 Å². The van der Waals surface area contributed by atoms with Crippen LogP contribution in [0.5, 0.6) is 11.5 Å². The third-order valence-electron chi connectivity index (χ3n) is 9.14. The fourth-order valence-corrected chi connectivity index (χ4v) is 7.26. The van der Waals surface area contributed by atoms with Gasteiger partial charge in [0.1, 0.15) is 17.3 Å². The Balaban J connectivity index is 1.55. The van der Waals surface area contributed by atoms with Gasteiger partial charge in [-0.2, -0.15) is 0 Å². The third-order valence-corrected chi connectivity index (χ3v) is 9.14. The van der Waals surface area contributed by atoms with Gasteiger partial charge in [-0.25, -0.2) is 4.39 Å². The highest BCUT2D eigenvalue weighted by atomic mass is 19.1. The number of halogens is 1. The van der Waals surface area contributed by atoms with Crippen LogP contribution in [0, 0.1) is 18.2 Å². The molecule has 2 heterocycles. The second kappa shape index (κ2) is 9.76. The van der Waals surface area contributed by atoms with E-state index in [0.29, 0.717) is 45.0 Å². The number of benzene rings is 4. The van der Waals surface area contributed by atoms with Gasteiger partial charge in [0.25, 0.3) is 0 Å². The van der Waals surface area contributed by atoms with Gasteiger partial charge in [-0.3, -0.25) is 14.4 Å². The normalized spacial score (nSPS) is 21.0. The van der Waals surface area contributed by atoms with E-state index in [2.05, 4.69) is 0 Å². The minimum atomic E-state index is -1.67. The Bertz CT molecular complexity index is 1830. The molecular formula is C36H28FNO5. The van der Waals surface area contributed by atoms with Crippen LogP contribution in [0.2, 0.25) is 0 Å². The monoisotopic (exact) mass is 573 g/mol. The number of carbonyl (C=O) groups excluding carboxylic acids is 3. The van der Waals surface area contributed by atoms with Crippen molar-refractivity contribution in [2.75, 3.05) is 19.1 Å². The molecule has 2 aliphatic heterocycles. The first-order valence-electron chi connectivity index (χ1n) is 14.1. The van der Waals surface area contributed by atoms with E-state index in [1.165, 1.54) is 26.4 Å². The lowest BCUT2D eigenvalue weighted by molar-refractivity contribution is 0.0665. The third kappa shape index (κ3) is 3.67. The summed E-state index contributed by atoms with van der Waals surface area (Å²) in [5.41, 5.74) is 2.17. The highest BCUT2D eigenvalue weighted by Crippen LogP contribution is 2.61. The number of rotatable bonds is 5. The highest BCUT2D eigenvalue weighted by Gasteiger charge is 2.71. The molecule has 43 heavy (non-hydrogen) atoms. The van der Waals surface area contributed by atoms with Crippen molar-refractivity contribution in [2.24, 2.45) is 5.41 Å². The van der Waals surface area contributed by atoms with Gasteiger partial charge in [0.15, 0.2) is 28.8 Å². The van der Waals surface area contributed by atoms with Crippen molar-refractivity contribution in [2.45, 2.75) is 24.9 Å². The van der Waals surface area contributed by atoms with Crippen molar-refractivity contribution in [3.05, 3.63) is 130 Å². The van der Waals surface area contributed by atoms with Crippen LogP contribution in [0.15, 0.2) is 91.0 Å². The van der Waals surface area contributed by atoms with Gasteiger partial charge in [0.2, 0.25) is 0 Å². The number of carbonyl (C=O) groups is 3. The zero-order valence-electron chi connectivity index (χ0n) is 23.8. The molecular weight excluding hydrogens is 545 g/mol. The molecule has 1 saturated heterocycles. The molecule has 0 aromatic heterocycles. The van der Waals surface area contributed by atoms with Crippen molar-refractivity contribution >= 4 is 29.1 Å². The molecule has 0 radical (unpaired) electrons. The summed E-state index contributed by atoms with van der Waals surface area (Å²) in [4.78, 5) is 46.1. The number of fused-ring (bicyclic) bond motifs is 5. The van der Waals surface area contributed by atoms with E-state index in [0.717, 1.165) is 5.56 Å². The van der Waals surface area contributed by atoms with Crippen molar-refractivity contribution in [1.82, 2.24) is 0 Å². The van der Waals surface area contributed by atoms with Crippen LogP contribution >= 0.6 is 0 Å². The number of anilines is 1. The molecule has 0 unspecified atom stereocenters. The summed E-state index contributed by atoms with van der Waals surface area (Å²) in [6.07, 6.45) is 3.52. The molecule has 3 atom stereocenters. The van der Waals surface area contributed by atoms with Crippen LogP contribution < -0.4 is 14.4 Å². The van der Waals surface area contributed by atoms with Crippen molar-refractivity contribution in [1.29, 1.82) is 0 Å². The Morgan fingerprint density at radius 1 is 0.837 bits per heavy atom. The average Bonchev–Trinajstić information content (AvgIpc) is 3.46. The standard InChI is InChI=1S/C36H28FNO5/c1-20-8-10-21(11-9-20)33(39)32-31(23-12-16-28(42-2)29(19-23)43-3)36(34(40)25-6-4-5-7-26(25)35(36)41)30-17-13-22-18-24(37)14-15-27(22)38(30)32/h4-19,30-32H,1-3H3/t30-,31-,32-/m1/s1. The molecule has 0 saturated carbocycles. The Morgan fingerprint density at radius 2 is 1.51 bits per heavy atom. The first-order chi connectivity index (χ1) is 20.8. The Kier molecular flexibility index (Phi) is 6.09. The molecule has 1 spiro atoms. The fraction of sp³-hybridized carbons (Fsp3) is 0.194. The number of methoxy groups -OCH3 is 2. The van der Waals surface area contributed by atoms with Crippen molar-refractivity contribution in [3.63, 3.8) is 0 Å². The van der Waals surface area contributed by atoms with Gasteiger partial charge in [0, 0.05) is 33.9 Å². The predicted molar refractivity (Wildman–Crippen MR) is 161 cm³/mol. The van der Waals surface area contributed by atoms with Gasteiger partial charge in [-0.1, -0.05) is 72.3 Å². The molecule has 1 aliphatic carbocycles. The molecule has 3 aliphatic rings. The molecule has 0 bridgehead atoms. The lowest BCUT2D eigenvalue weighted by Gasteiger charge is -2.37. The number of hydrogen-bond acceptors (Lipinski definition) is 6. The van der Waals surface area contributed by atoms with Crippen LogP contribution in [-0.4, -0.2) is 43.7 Å². The van der Waals surface area contributed by atoms with Crippen molar-refractivity contribution < 1.29 is 28.2 Å². The summed E-state index contributed by atoms with van der Waals surface area (Å²) < 4.78 is 25.6. The summed E-state index contributed by atoms with van der Waals surface area (Å²) >= 11 is 0. The van der Waals surface area contributed by atoms with Gasteiger partial charge in [-0.05, 0) is 42.8 Å². The van der Waals surface area contributed by atoms with Crippen LogP contribution in [0.25, 0.3) is 6.08 Å². The number of ketones is 3. The Morgan fingerprint density at radius 3 is 2.16 bits per heavy atom. The predicted octanol–water partition coefficient (Wildman–Crippen LogP) is 6.47. The molecule has 0 amide bonds. The first-order valence-corrected chi connectivity index (χ1v) is 14.1. The summed E-state index contributed by atoms with van der Waals surface area (Å²) in [5.74, 6) is -1.37. The lowest BCUT2D eigenvalue weighted by Crippen LogP contribution is -2.48. The Labute approximate surface area is 248 Å². The smallest absolute Gasteiger partial charge is 0.185 e. The van der Waals surface area contributed by atoms with Crippen molar-refractivity contribution in [3.8, 4) is 11.5 Å². The van der Waals surface area contributed by atoms with E-state index in [-0.39, 0.29) is 17.3 Å². The second-order valence-electron chi connectivity index (χ2n) is 11.3. The average molecular weight is 574 g/mol. The maximum Gasteiger partial charge on any atom is 0.185 e. The molecule has 1 fully saturated rings. The highest BCUT2D eigenvalue weighted by molar-refractivity contribution is 6.32. The summed E-state index contributed by atoms with van der Waals surface area (Å²) in [5, 5.41) is 0. The van der Waals surface area contributed by atoms with Crippen LogP contribution in [0.4, 0.5) is 10.1 Å². The zero-order valence-corrected chi connectivity index (χ0v) is 23.8. The lowest BCUT2D eigenvalue weighted by atomic mass is 9.64. The number of hydrogen-bond donors (Lipinski definition) is 0. The quantitative estimate of drug-likeness (QED) is 0.201. The topological polar surface area (TPSA) is 72.9 Å².